The van der Waals surface area contributed by atoms with Gasteiger partial charge in [-0.05, 0) is 101 Å². The third kappa shape index (κ3) is 6.55. The first-order chi connectivity index (χ1) is 23.2. The second-order valence-electron chi connectivity index (χ2n) is 12.1. The van der Waals surface area contributed by atoms with Crippen molar-refractivity contribution in [2.75, 3.05) is 9.80 Å². The van der Waals surface area contributed by atoms with Gasteiger partial charge in [-0.2, -0.15) is 0 Å². The van der Waals surface area contributed by atoms with E-state index in [2.05, 4.69) is 206 Å². The lowest BCUT2D eigenvalue weighted by atomic mass is 9.94. The number of benzene rings is 6. The Bertz CT molecular complexity index is 2100. The van der Waals surface area contributed by atoms with Gasteiger partial charge in [0.15, 0.2) is 0 Å². The smallest absolute Gasteiger partial charge is 0.0560 e. The van der Waals surface area contributed by atoms with Crippen LogP contribution >= 0.6 is 0 Å². The van der Waals surface area contributed by atoms with Crippen molar-refractivity contribution < 1.29 is 0 Å². The van der Waals surface area contributed by atoms with E-state index in [1.807, 2.05) is 0 Å². The van der Waals surface area contributed by atoms with Gasteiger partial charge in [-0.15, -0.1) is 0 Å². The summed E-state index contributed by atoms with van der Waals surface area (Å²) < 4.78 is 0. The topological polar surface area (TPSA) is 6.48 Å². The molecule has 2 nitrogen and oxygen atoms in total. The van der Waals surface area contributed by atoms with Gasteiger partial charge < -0.3 is 9.80 Å². The lowest BCUT2D eigenvalue weighted by Crippen LogP contribution is -2.30. The average Bonchev–Trinajstić information content (AvgIpc) is 3.13. The van der Waals surface area contributed by atoms with Crippen molar-refractivity contribution in [2.24, 2.45) is 0 Å². The Morgan fingerprint density at radius 2 is 1.17 bits per heavy atom. The van der Waals surface area contributed by atoms with E-state index in [-0.39, 0.29) is 12.1 Å². The molecule has 0 spiro atoms. The van der Waals surface area contributed by atoms with Crippen LogP contribution in [-0.4, -0.2) is 12.1 Å². The Hall–Kier alpha value is -5.60. The molecule has 0 radical (unpaired) electrons. The first-order valence-corrected chi connectivity index (χ1v) is 16.6. The number of anilines is 4. The van der Waals surface area contributed by atoms with Crippen LogP contribution in [0.4, 0.5) is 22.7 Å². The summed E-state index contributed by atoms with van der Waals surface area (Å²) in [6.07, 6.45) is 14.8. The summed E-state index contributed by atoms with van der Waals surface area (Å²) in [6, 6.07) is 52.5. The SMILES string of the molecule is C/C=C(\C=C/C(C)N(c1ccccc1)c1ccc2ccccc2c1)C1=CCC(N(c2ccccc2)c2ccc3ccccc3c2)C=C1. The molecule has 0 bridgehead atoms. The highest BCUT2D eigenvalue weighted by molar-refractivity contribution is 5.88. The molecular weight excluding hydrogens is 569 g/mol. The van der Waals surface area contributed by atoms with Crippen LogP contribution in [0.3, 0.4) is 0 Å². The van der Waals surface area contributed by atoms with Crippen molar-refractivity contribution in [1.82, 2.24) is 0 Å². The Morgan fingerprint density at radius 3 is 1.77 bits per heavy atom. The number of fused-ring (bicyclic) bond motifs is 2. The van der Waals surface area contributed by atoms with Gasteiger partial charge in [0.2, 0.25) is 0 Å². The van der Waals surface area contributed by atoms with E-state index in [0.29, 0.717) is 0 Å². The van der Waals surface area contributed by atoms with E-state index in [9.17, 15) is 0 Å². The molecule has 0 saturated heterocycles. The number of para-hydroxylation sites is 2. The van der Waals surface area contributed by atoms with Crippen LogP contribution in [0.15, 0.2) is 193 Å². The second kappa shape index (κ2) is 13.8. The standard InChI is InChI=1S/C45H40N2/c1-3-35(23-22-34(2)46(41-18-6-4-7-19-41)44-30-26-36-14-10-12-16-39(36)32-44)38-24-28-43(29-25-38)47(42-20-8-5-9-21-42)45-31-27-37-15-11-13-17-40(37)33-45/h3-28,30-34,43H,29H2,1-2H3/b23-22-,35-3+. The Morgan fingerprint density at radius 1 is 0.617 bits per heavy atom. The molecule has 6 aromatic carbocycles. The van der Waals surface area contributed by atoms with Gasteiger partial charge in [-0.25, -0.2) is 0 Å². The first-order valence-electron chi connectivity index (χ1n) is 16.6. The second-order valence-corrected chi connectivity index (χ2v) is 12.1. The van der Waals surface area contributed by atoms with Crippen molar-refractivity contribution >= 4 is 44.3 Å². The number of rotatable bonds is 9. The van der Waals surface area contributed by atoms with Gasteiger partial charge in [0.1, 0.15) is 0 Å². The normalized spacial score (nSPS) is 15.6. The van der Waals surface area contributed by atoms with Crippen LogP contribution in [0, 0.1) is 0 Å². The van der Waals surface area contributed by atoms with Gasteiger partial charge in [-0.1, -0.05) is 134 Å². The first kappa shape index (κ1) is 30.1. The Balaban J connectivity index is 1.14. The highest BCUT2D eigenvalue weighted by atomic mass is 15.2. The van der Waals surface area contributed by atoms with Crippen LogP contribution in [0.5, 0.6) is 0 Å². The maximum absolute atomic E-state index is 2.46. The molecule has 230 valence electrons. The molecule has 2 atom stereocenters. The summed E-state index contributed by atoms with van der Waals surface area (Å²) in [6.45, 7) is 4.41. The van der Waals surface area contributed by atoms with E-state index in [1.165, 1.54) is 55.4 Å². The quantitative estimate of drug-likeness (QED) is 0.151. The zero-order valence-corrected chi connectivity index (χ0v) is 27.1. The fourth-order valence-electron chi connectivity index (χ4n) is 6.68. The summed E-state index contributed by atoms with van der Waals surface area (Å²) in [5.41, 5.74) is 7.26. The fourth-order valence-corrected chi connectivity index (χ4v) is 6.68. The summed E-state index contributed by atoms with van der Waals surface area (Å²) in [5, 5.41) is 5.02. The molecule has 0 aliphatic heterocycles. The lowest BCUT2D eigenvalue weighted by Gasteiger charge is -2.33. The van der Waals surface area contributed by atoms with E-state index in [1.54, 1.807) is 0 Å². The molecule has 0 saturated carbocycles. The Kier molecular flexibility index (Phi) is 8.83. The predicted octanol–water partition coefficient (Wildman–Crippen LogP) is 12.1. The molecule has 2 heteroatoms. The monoisotopic (exact) mass is 608 g/mol. The molecule has 1 aliphatic rings. The molecular formula is C45H40N2. The molecule has 7 rings (SSSR count). The summed E-state index contributed by atoms with van der Waals surface area (Å²) in [7, 11) is 0. The molecule has 2 unspecified atom stereocenters. The average molecular weight is 609 g/mol. The zero-order chi connectivity index (χ0) is 32.0. The number of hydrogen-bond acceptors (Lipinski definition) is 2. The van der Waals surface area contributed by atoms with Gasteiger partial charge in [0.05, 0.1) is 6.04 Å². The van der Waals surface area contributed by atoms with Crippen molar-refractivity contribution in [1.29, 1.82) is 0 Å². The van der Waals surface area contributed by atoms with E-state index < -0.39 is 0 Å². The van der Waals surface area contributed by atoms with Crippen LogP contribution in [0.1, 0.15) is 20.3 Å². The summed E-state index contributed by atoms with van der Waals surface area (Å²) in [5.74, 6) is 0. The van der Waals surface area contributed by atoms with Crippen LogP contribution in [0.2, 0.25) is 0 Å². The minimum Gasteiger partial charge on any atom is -0.335 e. The number of nitrogens with zero attached hydrogens (tertiary/aromatic N) is 2. The van der Waals surface area contributed by atoms with Crippen LogP contribution < -0.4 is 9.80 Å². The van der Waals surface area contributed by atoms with Crippen molar-refractivity contribution in [3.63, 3.8) is 0 Å². The third-order valence-electron chi connectivity index (χ3n) is 9.11. The summed E-state index contributed by atoms with van der Waals surface area (Å²) >= 11 is 0. The maximum Gasteiger partial charge on any atom is 0.0560 e. The molecule has 6 aromatic rings. The van der Waals surface area contributed by atoms with E-state index in [0.717, 1.165) is 6.42 Å². The predicted molar refractivity (Wildman–Crippen MR) is 203 cm³/mol. The van der Waals surface area contributed by atoms with Crippen molar-refractivity contribution in [3.8, 4) is 0 Å². The Labute approximate surface area is 278 Å². The molecule has 0 aromatic heterocycles. The molecule has 0 amide bonds. The third-order valence-corrected chi connectivity index (χ3v) is 9.11. The van der Waals surface area contributed by atoms with Crippen molar-refractivity contribution in [3.05, 3.63) is 193 Å². The van der Waals surface area contributed by atoms with Gasteiger partial charge in [0.25, 0.3) is 0 Å². The van der Waals surface area contributed by atoms with Crippen molar-refractivity contribution in [2.45, 2.75) is 32.4 Å². The lowest BCUT2D eigenvalue weighted by molar-refractivity contribution is 0.781. The molecule has 47 heavy (non-hydrogen) atoms. The highest BCUT2D eigenvalue weighted by Gasteiger charge is 2.21. The van der Waals surface area contributed by atoms with Crippen LogP contribution in [0.25, 0.3) is 21.5 Å². The van der Waals surface area contributed by atoms with Crippen LogP contribution in [-0.2, 0) is 0 Å². The molecule has 0 N–H and O–H groups in total. The molecule has 0 heterocycles. The fraction of sp³-hybridized carbons (Fsp3) is 0.111. The minimum absolute atomic E-state index is 0.135. The minimum atomic E-state index is 0.135. The zero-order valence-electron chi connectivity index (χ0n) is 27.1. The van der Waals surface area contributed by atoms with E-state index in [4.69, 9.17) is 0 Å². The molecule has 1 aliphatic carbocycles. The highest BCUT2D eigenvalue weighted by Crippen LogP contribution is 2.35. The number of hydrogen-bond donors (Lipinski definition) is 0. The van der Waals surface area contributed by atoms with Gasteiger partial charge >= 0.3 is 0 Å². The largest absolute Gasteiger partial charge is 0.335 e. The molecule has 0 fully saturated rings. The summed E-state index contributed by atoms with van der Waals surface area (Å²) in [4.78, 5) is 4.88. The number of allylic oxidation sites excluding steroid dienone is 5. The van der Waals surface area contributed by atoms with E-state index >= 15 is 0 Å². The van der Waals surface area contributed by atoms with Gasteiger partial charge in [-0.3, -0.25) is 0 Å². The maximum atomic E-state index is 2.46. The van der Waals surface area contributed by atoms with Gasteiger partial charge in [0, 0.05) is 28.8 Å².